The standard InChI is InChI=1S/C21H15FN2O/c22-20-6-2-1-4-18(20)14-24-11-9-16-12-15(7-8-19(16)21(24)25)17-5-3-10-23-13-17/h1-13H,14H2. The van der Waals surface area contributed by atoms with Crippen molar-refractivity contribution < 1.29 is 4.39 Å². The molecule has 0 saturated carbocycles. The molecule has 25 heavy (non-hydrogen) atoms. The van der Waals surface area contributed by atoms with Gasteiger partial charge in [0.1, 0.15) is 5.82 Å². The van der Waals surface area contributed by atoms with Crippen LogP contribution >= 0.6 is 0 Å². The molecule has 0 N–H and O–H groups in total. The Labute approximate surface area is 144 Å². The molecule has 0 saturated heterocycles. The number of aromatic nitrogens is 2. The summed E-state index contributed by atoms with van der Waals surface area (Å²) in [4.78, 5) is 16.8. The molecular formula is C21H15FN2O. The van der Waals surface area contributed by atoms with Gasteiger partial charge in [0.15, 0.2) is 0 Å². The molecule has 0 atom stereocenters. The molecule has 0 spiro atoms. The number of halogens is 1. The minimum Gasteiger partial charge on any atom is -0.310 e. The van der Waals surface area contributed by atoms with Gasteiger partial charge < -0.3 is 4.57 Å². The Bertz CT molecular complexity index is 1100. The highest BCUT2D eigenvalue weighted by atomic mass is 19.1. The number of hydrogen-bond donors (Lipinski definition) is 0. The van der Waals surface area contributed by atoms with Crippen LogP contribution in [0.1, 0.15) is 5.56 Å². The van der Waals surface area contributed by atoms with E-state index in [0.29, 0.717) is 10.9 Å². The highest BCUT2D eigenvalue weighted by Gasteiger charge is 2.07. The Kier molecular flexibility index (Phi) is 3.86. The highest BCUT2D eigenvalue weighted by molar-refractivity contribution is 5.86. The maximum Gasteiger partial charge on any atom is 0.258 e. The van der Waals surface area contributed by atoms with Gasteiger partial charge in [0, 0.05) is 35.1 Å². The lowest BCUT2D eigenvalue weighted by Gasteiger charge is -2.09. The summed E-state index contributed by atoms with van der Waals surface area (Å²) in [5.41, 5.74) is 2.38. The molecule has 2 aromatic carbocycles. The maximum atomic E-state index is 13.8. The fourth-order valence-electron chi connectivity index (χ4n) is 2.94. The molecule has 0 aliphatic heterocycles. The first-order valence-corrected chi connectivity index (χ1v) is 7.99. The Morgan fingerprint density at radius 3 is 2.64 bits per heavy atom. The molecule has 0 aliphatic carbocycles. The predicted octanol–water partition coefficient (Wildman–Crippen LogP) is 4.25. The van der Waals surface area contributed by atoms with E-state index < -0.39 is 0 Å². The Hall–Kier alpha value is -3.27. The third-order valence-electron chi connectivity index (χ3n) is 4.27. The monoisotopic (exact) mass is 330 g/mol. The van der Waals surface area contributed by atoms with E-state index in [0.717, 1.165) is 16.5 Å². The van der Waals surface area contributed by atoms with E-state index in [1.165, 1.54) is 10.6 Å². The minimum atomic E-state index is -0.304. The predicted molar refractivity (Wildman–Crippen MR) is 96.9 cm³/mol. The molecule has 4 rings (SSSR count). The molecule has 0 amide bonds. The second-order valence-electron chi connectivity index (χ2n) is 5.88. The molecule has 2 aromatic heterocycles. The van der Waals surface area contributed by atoms with E-state index in [1.54, 1.807) is 36.8 Å². The summed E-state index contributed by atoms with van der Waals surface area (Å²) in [6, 6.07) is 18.0. The summed E-state index contributed by atoms with van der Waals surface area (Å²) >= 11 is 0. The molecule has 4 heteroatoms. The van der Waals surface area contributed by atoms with Gasteiger partial charge in [-0.15, -0.1) is 0 Å². The smallest absolute Gasteiger partial charge is 0.258 e. The van der Waals surface area contributed by atoms with Crippen LogP contribution in [0.5, 0.6) is 0 Å². The van der Waals surface area contributed by atoms with Crippen LogP contribution in [0.25, 0.3) is 21.9 Å². The molecule has 122 valence electrons. The molecule has 3 nitrogen and oxygen atoms in total. The van der Waals surface area contributed by atoms with Gasteiger partial charge in [0.25, 0.3) is 5.56 Å². The van der Waals surface area contributed by atoms with Gasteiger partial charge in [-0.3, -0.25) is 9.78 Å². The van der Waals surface area contributed by atoms with Crippen molar-refractivity contribution in [2.75, 3.05) is 0 Å². The number of fused-ring (bicyclic) bond motifs is 1. The van der Waals surface area contributed by atoms with Gasteiger partial charge in [0.2, 0.25) is 0 Å². The Morgan fingerprint density at radius 2 is 1.84 bits per heavy atom. The van der Waals surface area contributed by atoms with Gasteiger partial charge in [0.05, 0.1) is 6.54 Å². The normalized spacial score (nSPS) is 10.9. The maximum absolute atomic E-state index is 13.8. The fraction of sp³-hybridized carbons (Fsp3) is 0.0476. The number of pyridine rings is 2. The zero-order valence-corrected chi connectivity index (χ0v) is 13.4. The van der Waals surface area contributed by atoms with E-state index in [9.17, 15) is 9.18 Å². The first-order valence-electron chi connectivity index (χ1n) is 7.99. The largest absolute Gasteiger partial charge is 0.310 e. The van der Waals surface area contributed by atoms with Crippen LogP contribution in [0, 0.1) is 5.82 Å². The van der Waals surface area contributed by atoms with E-state index >= 15 is 0 Å². The van der Waals surface area contributed by atoms with E-state index in [2.05, 4.69) is 4.98 Å². The third-order valence-corrected chi connectivity index (χ3v) is 4.27. The van der Waals surface area contributed by atoms with Crippen LogP contribution in [0.4, 0.5) is 4.39 Å². The van der Waals surface area contributed by atoms with Crippen LogP contribution in [0.2, 0.25) is 0 Å². The summed E-state index contributed by atoms with van der Waals surface area (Å²) in [6.45, 7) is 0.214. The van der Waals surface area contributed by atoms with Gasteiger partial charge in [-0.05, 0) is 41.3 Å². The van der Waals surface area contributed by atoms with Gasteiger partial charge >= 0.3 is 0 Å². The van der Waals surface area contributed by atoms with Gasteiger partial charge in [-0.1, -0.05) is 30.3 Å². The summed E-state index contributed by atoms with van der Waals surface area (Å²) < 4.78 is 15.4. The SMILES string of the molecule is O=c1c2ccc(-c3cccnc3)cc2ccn1Cc1ccccc1F. The van der Waals surface area contributed by atoms with Gasteiger partial charge in [-0.2, -0.15) is 0 Å². The molecule has 4 aromatic rings. The zero-order valence-electron chi connectivity index (χ0n) is 13.4. The Morgan fingerprint density at radius 1 is 0.960 bits per heavy atom. The molecule has 0 bridgehead atoms. The molecule has 0 fully saturated rings. The average Bonchev–Trinajstić information content (AvgIpc) is 2.66. The van der Waals surface area contributed by atoms with Crippen molar-refractivity contribution in [1.29, 1.82) is 0 Å². The van der Waals surface area contributed by atoms with E-state index in [1.807, 2.05) is 36.4 Å². The lowest BCUT2D eigenvalue weighted by atomic mass is 10.0. The highest BCUT2D eigenvalue weighted by Crippen LogP contribution is 2.22. The first-order chi connectivity index (χ1) is 12.2. The molecule has 0 radical (unpaired) electrons. The quantitative estimate of drug-likeness (QED) is 0.563. The second-order valence-corrected chi connectivity index (χ2v) is 5.88. The van der Waals surface area contributed by atoms with Gasteiger partial charge in [-0.25, -0.2) is 4.39 Å². The number of benzene rings is 2. The topological polar surface area (TPSA) is 34.9 Å². The second kappa shape index (κ2) is 6.32. The first kappa shape index (κ1) is 15.3. The summed E-state index contributed by atoms with van der Waals surface area (Å²) in [5, 5.41) is 1.47. The molecule has 0 aliphatic rings. The minimum absolute atomic E-state index is 0.126. The fourth-order valence-corrected chi connectivity index (χ4v) is 2.94. The van der Waals surface area contributed by atoms with Crippen molar-refractivity contribution in [3.8, 4) is 11.1 Å². The molecule has 0 unspecified atom stereocenters. The van der Waals surface area contributed by atoms with E-state index in [4.69, 9.17) is 0 Å². The lowest BCUT2D eigenvalue weighted by molar-refractivity contribution is 0.597. The lowest BCUT2D eigenvalue weighted by Crippen LogP contribution is -2.20. The van der Waals surface area contributed by atoms with Crippen LogP contribution in [0.15, 0.2) is 84.0 Å². The number of nitrogens with zero attached hydrogens (tertiary/aromatic N) is 2. The number of hydrogen-bond acceptors (Lipinski definition) is 2. The molecule has 2 heterocycles. The van der Waals surface area contributed by atoms with E-state index in [-0.39, 0.29) is 17.9 Å². The summed E-state index contributed by atoms with van der Waals surface area (Å²) in [6.07, 6.45) is 5.23. The van der Waals surface area contributed by atoms with Crippen LogP contribution in [-0.4, -0.2) is 9.55 Å². The van der Waals surface area contributed by atoms with Crippen molar-refractivity contribution in [2.24, 2.45) is 0 Å². The molecular weight excluding hydrogens is 315 g/mol. The van der Waals surface area contributed by atoms with Crippen molar-refractivity contribution in [3.63, 3.8) is 0 Å². The average molecular weight is 330 g/mol. The van der Waals surface area contributed by atoms with Crippen LogP contribution in [0.3, 0.4) is 0 Å². The summed E-state index contributed by atoms with van der Waals surface area (Å²) in [5.74, 6) is -0.304. The van der Waals surface area contributed by atoms with Crippen molar-refractivity contribution in [1.82, 2.24) is 9.55 Å². The third kappa shape index (κ3) is 2.94. The Balaban J connectivity index is 1.76. The zero-order chi connectivity index (χ0) is 17.2. The van der Waals surface area contributed by atoms with Crippen molar-refractivity contribution >= 4 is 10.8 Å². The number of rotatable bonds is 3. The van der Waals surface area contributed by atoms with Crippen LogP contribution in [-0.2, 0) is 6.54 Å². The summed E-state index contributed by atoms with van der Waals surface area (Å²) in [7, 11) is 0. The van der Waals surface area contributed by atoms with Crippen molar-refractivity contribution in [2.45, 2.75) is 6.54 Å². The van der Waals surface area contributed by atoms with Crippen LogP contribution < -0.4 is 5.56 Å². The van der Waals surface area contributed by atoms with Crippen molar-refractivity contribution in [3.05, 3.63) is 101 Å².